The molecule has 1 unspecified atom stereocenters. The first-order valence-electron chi connectivity index (χ1n) is 18.0. The number of rotatable bonds is 15. The van der Waals surface area contributed by atoms with Gasteiger partial charge in [0, 0.05) is 34.1 Å². The molecule has 1 aromatic heterocycles. The molecule has 274 valence electrons. The zero-order valence-corrected chi connectivity index (χ0v) is 31.7. The standard InChI is InChI=1S/C38H55N5O6S/c1-9-11-12-13-14-26-21-38(26,36(46)42-50(10-2)37(7)17-18-37)41-34(44)29-19-27(22-43(29)35(45)25(6)39)49-31-20-32(48-23(3)4)40-33-24(5)30(47-8)16-15-28(31)33/h10,13-16,20,23,25-27,29H,9,11-12,17-19,21-22,39H2,1-8H3,(H,41,44)(H,42,46)/b14-13-/t25-,26+,27+,29-,38+,50?/m0/s1. The molecule has 3 fully saturated rings. The summed E-state index contributed by atoms with van der Waals surface area (Å²) in [5, 5.41) is 5.97. The van der Waals surface area contributed by atoms with Crippen molar-refractivity contribution in [3.63, 3.8) is 0 Å². The van der Waals surface area contributed by atoms with Crippen LogP contribution in [0.15, 0.2) is 30.4 Å². The molecule has 5 rings (SSSR count). The lowest BCUT2D eigenvalue weighted by atomic mass is 10.1. The number of likely N-dealkylation sites (tertiary alicyclic amines) is 1. The van der Waals surface area contributed by atoms with Crippen molar-refractivity contribution in [1.82, 2.24) is 19.9 Å². The Bertz CT molecular complexity index is 1670. The second kappa shape index (κ2) is 15.3. The van der Waals surface area contributed by atoms with Crippen molar-refractivity contribution in [3.05, 3.63) is 35.9 Å². The van der Waals surface area contributed by atoms with Gasteiger partial charge in [-0.2, -0.15) is 0 Å². The van der Waals surface area contributed by atoms with E-state index in [0.29, 0.717) is 29.3 Å². The minimum absolute atomic E-state index is 0.0638. The van der Waals surface area contributed by atoms with Crippen LogP contribution in [0.25, 0.3) is 10.9 Å². The van der Waals surface area contributed by atoms with Gasteiger partial charge in [0.2, 0.25) is 17.7 Å². The van der Waals surface area contributed by atoms with E-state index in [-0.39, 0.29) is 47.5 Å². The highest BCUT2D eigenvalue weighted by Crippen LogP contribution is 2.52. The van der Waals surface area contributed by atoms with Crippen LogP contribution in [0.2, 0.25) is 0 Å². The summed E-state index contributed by atoms with van der Waals surface area (Å²) in [6.45, 7) is 13.9. The molecule has 2 aromatic rings. The summed E-state index contributed by atoms with van der Waals surface area (Å²) in [5.74, 6) is 0.580. The number of aryl methyl sites for hydroxylation is 1. The lowest BCUT2D eigenvalue weighted by molar-refractivity contribution is -0.140. The molecule has 3 amide bonds. The van der Waals surface area contributed by atoms with Gasteiger partial charge in [-0.15, -0.1) is 0 Å². The number of nitrogens with two attached hydrogens (primary N) is 1. The number of methoxy groups -OCH3 is 1. The SMILES string of the molecule is C/C=S(/NC(=O)[C@@]1(NC(=O)[C@@H]2C[C@@H](Oc3cc(OC(C)C)nc4c(C)c(OC)ccc34)CN2C(=O)[C@H](C)N)C[C@H]1/C=C\CCCC)C1(C)CC1. The average Bonchev–Trinajstić information content (AvgIpc) is 3.95. The monoisotopic (exact) mass is 709 g/mol. The number of carbonyl (C=O) groups is 3. The molecule has 3 aliphatic rings. The summed E-state index contributed by atoms with van der Waals surface area (Å²) in [5.41, 5.74) is 6.53. The number of unbranched alkanes of at least 4 members (excludes halogenated alkanes) is 2. The van der Waals surface area contributed by atoms with E-state index in [1.54, 1.807) is 20.1 Å². The van der Waals surface area contributed by atoms with Gasteiger partial charge in [-0.1, -0.05) is 42.6 Å². The number of allylic oxidation sites excluding steroid dienone is 1. The van der Waals surface area contributed by atoms with E-state index in [1.165, 1.54) is 4.90 Å². The Kier molecular flexibility index (Phi) is 11.5. The van der Waals surface area contributed by atoms with E-state index in [9.17, 15) is 14.4 Å². The number of carbonyl (C=O) groups excluding carboxylic acids is 3. The number of aromatic nitrogens is 1. The van der Waals surface area contributed by atoms with E-state index >= 15 is 0 Å². The van der Waals surface area contributed by atoms with Gasteiger partial charge in [-0.05, 0) is 84.7 Å². The molecule has 2 heterocycles. The molecule has 0 radical (unpaired) electrons. The van der Waals surface area contributed by atoms with Crippen LogP contribution in [0.3, 0.4) is 0 Å². The summed E-state index contributed by atoms with van der Waals surface area (Å²) >= 11 is 0. The van der Waals surface area contributed by atoms with Crippen LogP contribution in [0.1, 0.15) is 92.1 Å². The number of pyridine rings is 1. The van der Waals surface area contributed by atoms with E-state index < -0.39 is 34.4 Å². The summed E-state index contributed by atoms with van der Waals surface area (Å²) in [6, 6.07) is 3.82. The molecule has 1 aromatic carbocycles. The van der Waals surface area contributed by atoms with Crippen molar-refractivity contribution in [2.45, 2.75) is 128 Å². The maximum Gasteiger partial charge on any atom is 0.255 e. The number of hydrogen-bond acceptors (Lipinski definition) is 8. The predicted molar refractivity (Wildman–Crippen MR) is 200 cm³/mol. The van der Waals surface area contributed by atoms with Crippen molar-refractivity contribution in [1.29, 1.82) is 0 Å². The Labute approximate surface area is 299 Å². The number of nitrogens with zero attached hydrogens (tertiary/aromatic N) is 2. The molecule has 4 N–H and O–H groups in total. The van der Waals surface area contributed by atoms with Gasteiger partial charge in [-0.3, -0.25) is 14.4 Å². The Morgan fingerprint density at radius 3 is 2.56 bits per heavy atom. The van der Waals surface area contributed by atoms with E-state index in [1.807, 2.05) is 39.8 Å². The summed E-state index contributed by atoms with van der Waals surface area (Å²) < 4.78 is 21.5. The van der Waals surface area contributed by atoms with Crippen LogP contribution < -0.4 is 30.0 Å². The number of amides is 3. The van der Waals surface area contributed by atoms with E-state index in [2.05, 4.69) is 41.4 Å². The zero-order valence-electron chi connectivity index (χ0n) is 30.8. The van der Waals surface area contributed by atoms with Gasteiger partial charge < -0.3 is 34.9 Å². The largest absolute Gasteiger partial charge is 0.496 e. The highest BCUT2D eigenvalue weighted by Gasteiger charge is 2.61. The molecule has 11 nitrogen and oxygen atoms in total. The normalized spacial score (nSPS) is 25.1. The van der Waals surface area contributed by atoms with Crippen LogP contribution in [-0.2, 0) is 14.4 Å². The van der Waals surface area contributed by atoms with Crippen molar-refractivity contribution >= 4 is 44.7 Å². The van der Waals surface area contributed by atoms with E-state index in [4.69, 9.17) is 24.9 Å². The fourth-order valence-electron chi connectivity index (χ4n) is 6.71. The minimum Gasteiger partial charge on any atom is -0.496 e. The Hall–Kier alpha value is -3.64. The lowest BCUT2D eigenvalue weighted by Crippen LogP contribution is -2.56. The van der Waals surface area contributed by atoms with Gasteiger partial charge in [-0.25, -0.2) is 4.98 Å². The molecule has 0 bridgehead atoms. The van der Waals surface area contributed by atoms with Crippen molar-refractivity contribution in [3.8, 4) is 17.4 Å². The number of ether oxygens (including phenoxy) is 3. The molecule has 2 saturated carbocycles. The predicted octanol–water partition coefficient (Wildman–Crippen LogP) is 5.33. The third-order valence-corrected chi connectivity index (χ3v) is 12.4. The quantitative estimate of drug-likeness (QED) is 0.128. The van der Waals surface area contributed by atoms with Crippen LogP contribution in [0.4, 0.5) is 0 Å². The molecule has 12 heteroatoms. The van der Waals surface area contributed by atoms with Gasteiger partial charge in [0.15, 0.2) is 0 Å². The van der Waals surface area contributed by atoms with Crippen molar-refractivity contribution in [2.24, 2.45) is 11.7 Å². The Balaban J connectivity index is 1.42. The third-order valence-electron chi connectivity index (χ3n) is 10.0. The van der Waals surface area contributed by atoms with Crippen LogP contribution in [-0.4, -0.2) is 81.2 Å². The van der Waals surface area contributed by atoms with Gasteiger partial charge in [0.1, 0.15) is 29.2 Å². The average molecular weight is 710 g/mol. The molecular formula is C38H55N5O6S. The zero-order chi connectivity index (χ0) is 36.4. The highest BCUT2D eigenvalue weighted by atomic mass is 32.2. The molecular weight excluding hydrogens is 655 g/mol. The molecule has 1 saturated heterocycles. The smallest absolute Gasteiger partial charge is 0.255 e. The minimum atomic E-state index is -1.08. The molecule has 50 heavy (non-hydrogen) atoms. The second-order valence-corrected chi connectivity index (χ2v) is 16.8. The first kappa shape index (κ1) is 37.6. The topological polar surface area (TPSA) is 145 Å². The number of hydrogen-bond donors (Lipinski definition) is 3. The first-order chi connectivity index (χ1) is 23.8. The molecule has 6 atom stereocenters. The summed E-state index contributed by atoms with van der Waals surface area (Å²) in [6.07, 6.45) is 9.43. The van der Waals surface area contributed by atoms with E-state index in [0.717, 1.165) is 43.1 Å². The third kappa shape index (κ3) is 7.96. The molecule has 2 aliphatic carbocycles. The second-order valence-electron chi connectivity index (χ2n) is 14.5. The van der Waals surface area contributed by atoms with Crippen LogP contribution >= 0.6 is 10.7 Å². The van der Waals surface area contributed by atoms with Crippen molar-refractivity contribution < 1.29 is 28.6 Å². The van der Waals surface area contributed by atoms with Crippen LogP contribution in [0.5, 0.6) is 17.4 Å². The van der Waals surface area contributed by atoms with Gasteiger partial charge in [0.25, 0.3) is 5.91 Å². The Morgan fingerprint density at radius 1 is 1.20 bits per heavy atom. The molecule has 1 aliphatic heterocycles. The van der Waals surface area contributed by atoms with Gasteiger partial charge in [0.05, 0.1) is 31.3 Å². The highest BCUT2D eigenvalue weighted by molar-refractivity contribution is 8.15. The van der Waals surface area contributed by atoms with Crippen LogP contribution in [0, 0.1) is 12.8 Å². The maximum atomic E-state index is 14.3. The lowest BCUT2D eigenvalue weighted by Gasteiger charge is -2.28. The van der Waals surface area contributed by atoms with Crippen molar-refractivity contribution in [2.75, 3.05) is 13.7 Å². The Morgan fingerprint density at radius 2 is 1.94 bits per heavy atom. The maximum absolute atomic E-state index is 14.3. The summed E-state index contributed by atoms with van der Waals surface area (Å²) in [7, 11) is 1.20. The summed E-state index contributed by atoms with van der Waals surface area (Å²) in [4.78, 5) is 48.0. The first-order valence-corrected chi connectivity index (χ1v) is 19.3. The fraction of sp³-hybridized carbons (Fsp3) is 0.605. The number of fused-ring (bicyclic) bond motifs is 1. The number of nitrogens with one attached hydrogen (secondary N) is 2. The number of benzene rings is 1. The fourth-order valence-corrected chi connectivity index (χ4v) is 8.57. The van der Waals surface area contributed by atoms with Gasteiger partial charge >= 0.3 is 0 Å². The molecule has 0 spiro atoms.